The third-order valence-electron chi connectivity index (χ3n) is 14.2. The molecule has 0 unspecified atom stereocenters. The third-order valence-corrected chi connectivity index (χ3v) is 14.2. The van der Waals surface area contributed by atoms with Gasteiger partial charge in [-0.2, -0.15) is 0 Å². The number of fused-ring (bicyclic) bond motifs is 4. The fraction of sp³-hybridized carbons (Fsp3) is 0.333. The Morgan fingerprint density at radius 1 is 0.446 bits per heavy atom. The van der Waals surface area contributed by atoms with Crippen LogP contribution in [0.15, 0.2) is 109 Å². The Bertz CT molecular complexity index is 2340. The van der Waals surface area contributed by atoms with Gasteiger partial charge in [-0.15, -0.1) is 0 Å². The molecule has 0 N–H and O–H groups in total. The predicted octanol–water partition coefficient (Wildman–Crippen LogP) is 15.5. The second kappa shape index (κ2) is 13.3. The van der Waals surface area contributed by atoms with Crippen molar-refractivity contribution in [2.45, 2.75) is 116 Å². The SMILES string of the molecule is Cc1ccc(-c2c(C3CCCC3)ccc3c2Oc2ccccc2C3(C)C)cc1-c1cc(-c2c(C3CCCC3)ccc3c2Oc2ccccc2C3(C)C)ccc1C. The van der Waals surface area contributed by atoms with Gasteiger partial charge < -0.3 is 9.47 Å². The average Bonchev–Trinajstić information content (AvgIpc) is 3.94. The molecule has 0 saturated heterocycles. The summed E-state index contributed by atoms with van der Waals surface area (Å²) in [6.45, 7) is 14.0. The predicted molar refractivity (Wildman–Crippen MR) is 232 cm³/mol. The lowest BCUT2D eigenvalue weighted by molar-refractivity contribution is 0.418. The van der Waals surface area contributed by atoms with Crippen LogP contribution in [0.5, 0.6) is 23.0 Å². The second-order valence-corrected chi connectivity index (χ2v) is 18.3. The molecule has 2 nitrogen and oxygen atoms in total. The van der Waals surface area contributed by atoms with Crippen LogP contribution in [-0.2, 0) is 10.8 Å². The molecule has 56 heavy (non-hydrogen) atoms. The van der Waals surface area contributed by atoms with Gasteiger partial charge in [0, 0.05) is 44.2 Å². The first-order valence-electron chi connectivity index (χ1n) is 21.2. The van der Waals surface area contributed by atoms with Crippen LogP contribution in [0.1, 0.15) is 135 Å². The Balaban J connectivity index is 1.16. The summed E-state index contributed by atoms with van der Waals surface area (Å²) in [4.78, 5) is 0. The number of aryl methyl sites for hydroxylation is 2. The van der Waals surface area contributed by atoms with Crippen molar-refractivity contribution in [2.24, 2.45) is 0 Å². The lowest BCUT2D eigenvalue weighted by atomic mass is 9.73. The topological polar surface area (TPSA) is 18.5 Å². The van der Waals surface area contributed by atoms with Gasteiger partial charge in [0.15, 0.2) is 0 Å². The maximum atomic E-state index is 7.02. The molecule has 2 heteroatoms. The van der Waals surface area contributed by atoms with Crippen LogP contribution in [-0.4, -0.2) is 0 Å². The number of hydrogen-bond donors (Lipinski definition) is 0. The minimum Gasteiger partial charge on any atom is -0.456 e. The van der Waals surface area contributed by atoms with E-state index in [2.05, 4.69) is 151 Å². The first-order chi connectivity index (χ1) is 27.1. The van der Waals surface area contributed by atoms with Crippen LogP contribution in [0.25, 0.3) is 33.4 Å². The molecule has 10 rings (SSSR count). The van der Waals surface area contributed by atoms with Crippen molar-refractivity contribution in [3.63, 3.8) is 0 Å². The van der Waals surface area contributed by atoms with Crippen molar-refractivity contribution in [3.8, 4) is 56.4 Å². The van der Waals surface area contributed by atoms with Crippen LogP contribution >= 0.6 is 0 Å². The van der Waals surface area contributed by atoms with E-state index in [9.17, 15) is 0 Å². The van der Waals surface area contributed by atoms with Crippen molar-refractivity contribution in [2.75, 3.05) is 0 Å². The molecule has 6 aromatic carbocycles. The molecule has 0 atom stereocenters. The zero-order chi connectivity index (χ0) is 38.3. The highest BCUT2D eigenvalue weighted by atomic mass is 16.5. The smallest absolute Gasteiger partial charge is 0.139 e. The molecule has 2 fully saturated rings. The van der Waals surface area contributed by atoms with Gasteiger partial charge in [-0.3, -0.25) is 0 Å². The van der Waals surface area contributed by atoms with Gasteiger partial charge >= 0.3 is 0 Å². The summed E-state index contributed by atoms with van der Waals surface area (Å²) in [5.74, 6) is 5.11. The van der Waals surface area contributed by atoms with Crippen LogP contribution in [0.4, 0.5) is 0 Å². The lowest BCUT2D eigenvalue weighted by Gasteiger charge is -2.37. The minimum atomic E-state index is -0.172. The molecule has 0 radical (unpaired) electrons. The molecular weight excluding hydrogens is 681 g/mol. The van der Waals surface area contributed by atoms with Crippen molar-refractivity contribution in [1.82, 2.24) is 0 Å². The molecule has 282 valence electrons. The fourth-order valence-corrected chi connectivity index (χ4v) is 10.9. The summed E-state index contributed by atoms with van der Waals surface area (Å²) in [6.07, 6.45) is 10.1. The maximum absolute atomic E-state index is 7.02. The number of benzene rings is 6. The van der Waals surface area contributed by atoms with Gasteiger partial charge in [0.1, 0.15) is 23.0 Å². The Kier molecular flexibility index (Phi) is 8.37. The van der Waals surface area contributed by atoms with Crippen molar-refractivity contribution in [3.05, 3.63) is 154 Å². The fourth-order valence-electron chi connectivity index (χ4n) is 10.9. The number of rotatable bonds is 5. The van der Waals surface area contributed by atoms with E-state index >= 15 is 0 Å². The number of para-hydroxylation sites is 2. The van der Waals surface area contributed by atoms with E-state index in [4.69, 9.17) is 9.47 Å². The number of hydrogen-bond acceptors (Lipinski definition) is 2. The van der Waals surface area contributed by atoms with Gasteiger partial charge in [0.05, 0.1) is 0 Å². The first kappa shape index (κ1) is 35.3. The highest BCUT2D eigenvalue weighted by Gasteiger charge is 2.39. The first-order valence-corrected chi connectivity index (χ1v) is 21.2. The molecular formula is C54H54O2. The molecule has 0 spiro atoms. The van der Waals surface area contributed by atoms with Crippen LogP contribution in [0.3, 0.4) is 0 Å². The zero-order valence-electron chi connectivity index (χ0n) is 34.0. The zero-order valence-corrected chi connectivity index (χ0v) is 34.0. The van der Waals surface area contributed by atoms with Gasteiger partial charge in [0.2, 0.25) is 0 Å². The summed E-state index contributed by atoms with van der Waals surface area (Å²) in [5.41, 5.74) is 17.8. The van der Waals surface area contributed by atoms with Gasteiger partial charge in [-0.1, -0.05) is 138 Å². The van der Waals surface area contributed by atoms with E-state index in [1.807, 2.05) is 0 Å². The van der Waals surface area contributed by atoms with Crippen molar-refractivity contribution in [1.29, 1.82) is 0 Å². The van der Waals surface area contributed by atoms with E-state index in [0.717, 1.165) is 23.0 Å². The third kappa shape index (κ3) is 5.50. The molecule has 2 heterocycles. The monoisotopic (exact) mass is 734 g/mol. The van der Waals surface area contributed by atoms with E-state index in [1.165, 1.54) is 129 Å². The summed E-state index contributed by atoms with van der Waals surface area (Å²) < 4.78 is 14.0. The molecule has 2 aliphatic heterocycles. The number of ether oxygens (including phenoxy) is 2. The largest absolute Gasteiger partial charge is 0.456 e. The van der Waals surface area contributed by atoms with E-state index < -0.39 is 0 Å². The normalized spacial score (nSPS) is 18.0. The molecule has 0 amide bonds. The standard InChI is InChI=1S/C54H54O2/c1-33-23-25-37(49-39(35-15-7-8-16-35)27-29-45-51(49)55-47-21-13-11-19-43(47)53(45,3)4)31-41(33)42-32-38(26-24-34(42)2)50-40(36-17-9-10-18-36)28-30-46-52(50)56-48-22-14-12-20-44(48)54(46,5)6/h11-14,19-32,35-36H,7-10,15-18H2,1-6H3. The summed E-state index contributed by atoms with van der Waals surface area (Å²) >= 11 is 0. The second-order valence-electron chi connectivity index (χ2n) is 18.3. The van der Waals surface area contributed by atoms with E-state index in [0.29, 0.717) is 11.8 Å². The average molecular weight is 735 g/mol. The highest BCUT2D eigenvalue weighted by Crippen LogP contribution is 2.56. The van der Waals surface area contributed by atoms with Crippen LogP contribution in [0.2, 0.25) is 0 Å². The maximum Gasteiger partial charge on any atom is 0.139 e. The Morgan fingerprint density at radius 3 is 1.25 bits per heavy atom. The molecule has 4 aliphatic rings. The van der Waals surface area contributed by atoms with Gasteiger partial charge in [0.25, 0.3) is 0 Å². The summed E-state index contributed by atoms with van der Waals surface area (Å²) in [6, 6.07) is 41.2. The lowest BCUT2D eigenvalue weighted by Crippen LogP contribution is -2.25. The quantitative estimate of drug-likeness (QED) is 0.176. The Labute approximate surface area is 333 Å². The summed E-state index contributed by atoms with van der Waals surface area (Å²) in [5, 5.41) is 0. The Morgan fingerprint density at radius 2 is 0.839 bits per heavy atom. The van der Waals surface area contributed by atoms with Crippen molar-refractivity contribution >= 4 is 0 Å². The molecule has 2 aliphatic carbocycles. The molecule has 2 saturated carbocycles. The van der Waals surface area contributed by atoms with Gasteiger partial charge in [-0.25, -0.2) is 0 Å². The molecule has 6 aromatic rings. The van der Waals surface area contributed by atoms with Crippen LogP contribution < -0.4 is 9.47 Å². The minimum absolute atomic E-state index is 0.172. The van der Waals surface area contributed by atoms with E-state index in [1.54, 1.807) is 0 Å². The molecule has 0 bridgehead atoms. The molecule has 0 aromatic heterocycles. The van der Waals surface area contributed by atoms with Crippen molar-refractivity contribution < 1.29 is 9.47 Å². The Hall–Kier alpha value is -5.08. The van der Waals surface area contributed by atoms with Gasteiger partial charge in [-0.05, 0) is 120 Å². The highest BCUT2D eigenvalue weighted by molar-refractivity contribution is 5.87. The van der Waals surface area contributed by atoms with Crippen LogP contribution in [0, 0.1) is 13.8 Å². The van der Waals surface area contributed by atoms with E-state index in [-0.39, 0.29) is 10.8 Å². The summed E-state index contributed by atoms with van der Waals surface area (Å²) in [7, 11) is 0.